The van der Waals surface area contributed by atoms with Gasteiger partial charge in [-0.25, -0.2) is 17.5 Å². The van der Waals surface area contributed by atoms with Gasteiger partial charge < -0.3 is 5.32 Å². The van der Waals surface area contributed by atoms with Crippen LogP contribution < -0.4 is 10.0 Å². The Bertz CT molecular complexity index is 821. The fraction of sp³-hybridized carbons (Fsp3) is 0.294. The van der Waals surface area contributed by atoms with Gasteiger partial charge >= 0.3 is 0 Å². The maximum atomic E-state index is 13.6. The number of benzene rings is 2. The molecule has 6 heteroatoms. The van der Waals surface area contributed by atoms with Crippen LogP contribution in [0.4, 0.5) is 4.39 Å². The van der Waals surface area contributed by atoms with Crippen molar-refractivity contribution in [1.82, 2.24) is 10.0 Å². The molecule has 1 atom stereocenters. The lowest BCUT2D eigenvalue weighted by Gasteiger charge is -2.27. The highest BCUT2D eigenvalue weighted by molar-refractivity contribution is 7.89. The van der Waals surface area contributed by atoms with E-state index in [1.165, 1.54) is 17.7 Å². The summed E-state index contributed by atoms with van der Waals surface area (Å²) in [5.41, 5.74) is 2.76. The van der Waals surface area contributed by atoms with Crippen molar-refractivity contribution in [3.05, 3.63) is 65.0 Å². The summed E-state index contributed by atoms with van der Waals surface area (Å²) in [6.07, 6.45) is 0.933. The molecule has 0 bridgehead atoms. The van der Waals surface area contributed by atoms with E-state index >= 15 is 0 Å². The monoisotopic (exact) mass is 334 g/mol. The van der Waals surface area contributed by atoms with Gasteiger partial charge in [0.1, 0.15) is 5.82 Å². The molecule has 3 rings (SSSR count). The third-order valence-corrected chi connectivity index (χ3v) is 5.57. The summed E-state index contributed by atoms with van der Waals surface area (Å²) < 4.78 is 40.9. The van der Waals surface area contributed by atoms with E-state index in [2.05, 4.69) is 16.1 Å². The van der Waals surface area contributed by atoms with E-state index in [4.69, 9.17) is 0 Å². The average Bonchev–Trinajstić information content (AvgIpc) is 2.55. The molecule has 0 aliphatic carbocycles. The minimum absolute atomic E-state index is 0.0512. The number of rotatable bonds is 4. The standard InChI is InChI=1S/C17H19FN2O2S/c1-12-6-7-14(10-16(12)18)23(21,22)20-11-17-15-5-3-2-4-13(15)8-9-19-17/h2-7,10,17,19-20H,8-9,11H2,1H3. The molecule has 4 nitrogen and oxygen atoms in total. The lowest BCUT2D eigenvalue weighted by atomic mass is 9.95. The molecule has 1 heterocycles. The molecule has 1 aliphatic heterocycles. The first kappa shape index (κ1) is 16.1. The van der Waals surface area contributed by atoms with Crippen molar-refractivity contribution in [2.75, 3.05) is 13.1 Å². The molecular formula is C17H19FN2O2S. The Morgan fingerprint density at radius 3 is 2.83 bits per heavy atom. The van der Waals surface area contributed by atoms with E-state index in [-0.39, 0.29) is 17.5 Å². The zero-order valence-corrected chi connectivity index (χ0v) is 13.7. The Morgan fingerprint density at radius 2 is 2.04 bits per heavy atom. The van der Waals surface area contributed by atoms with E-state index in [1.807, 2.05) is 18.2 Å². The quantitative estimate of drug-likeness (QED) is 0.902. The molecule has 1 unspecified atom stereocenters. The van der Waals surface area contributed by atoms with Crippen molar-refractivity contribution in [3.63, 3.8) is 0 Å². The van der Waals surface area contributed by atoms with Gasteiger partial charge in [-0.2, -0.15) is 0 Å². The molecule has 122 valence electrons. The lowest BCUT2D eigenvalue weighted by Crippen LogP contribution is -2.38. The molecule has 0 saturated heterocycles. The first-order chi connectivity index (χ1) is 11.0. The maximum absolute atomic E-state index is 13.6. The third-order valence-electron chi connectivity index (χ3n) is 4.15. The highest BCUT2D eigenvalue weighted by Gasteiger charge is 2.22. The number of fused-ring (bicyclic) bond motifs is 1. The van der Waals surface area contributed by atoms with Crippen LogP contribution >= 0.6 is 0 Å². The van der Waals surface area contributed by atoms with E-state index in [0.29, 0.717) is 5.56 Å². The second-order valence-electron chi connectivity index (χ2n) is 5.72. The number of aryl methyl sites for hydroxylation is 1. The van der Waals surface area contributed by atoms with E-state index < -0.39 is 15.8 Å². The van der Waals surface area contributed by atoms with E-state index in [9.17, 15) is 12.8 Å². The molecule has 2 aromatic carbocycles. The number of halogens is 1. The predicted octanol–water partition coefficient (Wildman–Crippen LogP) is 2.30. The van der Waals surface area contributed by atoms with Crippen LogP contribution in [0.1, 0.15) is 22.7 Å². The molecule has 0 radical (unpaired) electrons. The molecular weight excluding hydrogens is 315 g/mol. The van der Waals surface area contributed by atoms with Gasteiger partial charge in [-0.1, -0.05) is 30.3 Å². The third kappa shape index (κ3) is 3.44. The Hall–Kier alpha value is -1.76. The Labute approximate surface area is 135 Å². The number of nitrogens with one attached hydrogen (secondary N) is 2. The van der Waals surface area contributed by atoms with Crippen LogP contribution in [0.25, 0.3) is 0 Å². The van der Waals surface area contributed by atoms with Crippen molar-refractivity contribution < 1.29 is 12.8 Å². The second kappa shape index (κ2) is 6.39. The van der Waals surface area contributed by atoms with Gasteiger partial charge in [0, 0.05) is 12.6 Å². The fourth-order valence-electron chi connectivity index (χ4n) is 2.79. The zero-order chi connectivity index (χ0) is 16.4. The van der Waals surface area contributed by atoms with Gasteiger partial charge in [0.05, 0.1) is 4.90 Å². The van der Waals surface area contributed by atoms with Gasteiger partial charge in [0.25, 0.3) is 0 Å². The number of hydrogen-bond donors (Lipinski definition) is 2. The fourth-order valence-corrected chi connectivity index (χ4v) is 3.85. The normalized spacial score (nSPS) is 17.7. The summed E-state index contributed by atoms with van der Waals surface area (Å²) in [4.78, 5) is -0.0512. The summed E-state index contributed by atoms with van der Waals surface area (Å²) in [5.74, 6) is -0.519. The van der Waals surface area contributed by atoms with Crippen LogP contribution in [0.3, 0.4) is 0 Å². The maximum Gasteiger partial charge on any atom is 0.240 e. The molecule has 1 aliphatic rings. The first-order valence-corrected chi connectivity index (χ1v) is 9.03. The smallest absolute Gasteiger partial charge is 0.240 e. The van der Waals surface area contributed by atoms with Gasteiger partial charge in [0.2, 0.25) is 10.0 Å². The molecule has 0 fully saturated rings. The van der Waals surface area contributed by atoms with Crippen molar-refractivity contribution in [1.29, 1.82) is 0 Å². The lowest BCUT2D eigenvalue weighted by molar-refractivity contribution is 0.491. The highest BCUT2D eigenvalue weighted by atomic mass is 32.2. The zero-order valence-electron chi connectivity index (χ0n) is 12.8. The van der Waals surface area contributed by atoms with Crippen LogP contribution in [0, 0.1) is 12.7 Å². The van der Waals surface area contributed by atoms with E-state index in [1.54, 1.807) is 6.92 Å². The topological polar surface area (TPSA) is 58.2 Å². The number of hydrogen-bond acceptors (Lipinski definition) is 3. The largest absolute Gasteiger partial charge is 0.308 e. The van der Waals surface area contributed by atoms with Crippen LogP contribution in [-0.4, -0.2) is 21.5 Å². The minimum Gasteiger partial charge on any atom is -0.308 e. The van der Waals surface area contributed by atoms with Gasteiger partial charge in [-0.15, -0.1) is 0 Å². The summed E-state index contributed by atoms with van der Waals surface area (Å²) >= 11 is 0. The van der Waals surface area contributed by atoms with Crippen LogP contribution in [0.5, 0.6) is 0 Å². The highest BCUT2D eigenvalue weighted by Crippen LogP contribution is 2.22. The number of sulfonamides is 1. The molecule has 0 spiro atoms. The van der Waals surface area contributed by atoms with Gasteiger partial charge in [0.15, 0.2) is 0 Å². The SMILES string of the molecule is Cc1ccc(S(=O)(=O)NCC2NCCc3ccccc32)cc1F. The molecule has 0 aromatic heterocycles. The summed E-state index contributed by atoms with van der Waals surface area (Å²) in [5, 5.41) is 3.32. The van der Waals surface area contributed by atoms with Crippen molar-refractivity contribution in [2.45, 2.75) is 24.3 Å². The van der Waals surface area contributed by atoms with Crippen molar-refractivity contribution >= 4 is 10.0 Å². The molecule has 23 heavy (non-hydrogen) atoms. The molecule has 2 aromatic rings. The first-order valence-electron chi connectivity index (χ1n) is 7.54. The van der Waals surface area contributed by atoms with Crippen LogP contribution in [0.2, 0.25) is 0 Å². The van der Waals surface area contributed by atoms with Gasteiger partial charge in [-0.3, -0.25) is 0 Å². The van der Waals surface area contributed by atoms with Crippen molar-refractivity contribution in [2.24, 2.45) is 0 Å². The molecule has 2 N–H and O–H groups in total. The summed E-state index contributed by atoms with van der Waals surface area (Å²) in [6.45, 7) is 2.64. The van der Waals surface area contributed by atoms with Crippen LogP contribution in [-0.2, 0) is 16.4 Å². The van der Waals surface area contributed by atoms with Gasteiger partial charge in [-0.05, 0) is 48.7 Å². The summed E-state index contributed by atoms with van der Waals surface area (Å²) in [7, 11) is -3.73. The predicted molar refractivity (Wildman–Crippen MR) is 87.2 cm³/mol. The second-order valence-corrected chi connectivity index (χ2v) is 7.49. The average molecular weight is 334 g/mol. The Balaban J connectivity index is 1.76. The molecule has 0 amide bonds. The Morgan fingerprint density at radius 1 is 1.26 bits per heavy atom. The minimum atomic E-state index is -3.73. The molecule has 0 saturated carbocycles. The van der Waals surface area contributed by atoms with Crippen LogP contribution in [0.15, 0.2) is 47.4 Å². The summed E-state index contributed by atoms with van der Waals surface area (Å²) in [6, 6.07) is 11.9. The van der Waals surface area contributed by atoms with E-state index in [0.717, 1.165) is 24.6 Å². The Kier molecular flexibility index (Phi) is 4.48. The van der Waals surface area contributed by atoms with Crippen molar-refractivity contribution in [3.8, 4) is 0 Å².